The Bertz CT molecular complexity index is 1740. The molecule has 0 radical (unpaired) electrons. The number of halogens is 2. The second-order valence-electron chi connectivity index (χ2n) is 8.99. The maximum atomic E-state index is 13.3. The number of hydrogen-bond donors (Lipinski definition) is 0. The van der Waals surface area contributed by atoms with E-state index in [0.29, 0.717) is 48.5 Å². The number of ether oxygens (including phenoxy) is 2. The Morgan fingerprint density at radius 2 is 1.84 bits per heavy atom. The third kappa shape index (κ3) is 7.44. The third-order valence-electron chi connectivity index (χ3n) is 6.12. The highest BCUT2D eigenvalue weighted by Crippen LogP contribution is 2.34. The lowest BCUT2D eigenvalue weighted by atomic mass is 10.2. The van der Waals surface area contributed by atoms with E-state index in [1.54, 1.807) is 66.7 Å². The molecule has 1 aliphatic heterocycles. The molecule has 1 aromatic heterocycles. The second kappa shape index (κ2) is 13.6. The summed E-state index contributed by atoms with van der Waals surface area (Å²) in [5.74, 6) is 1.28. The SMILES string of the molecule is COc1cc(/C=N/N=C2\S/C(=C\c3ccc([N+](=O)[O-])cc3)C(=O)N2Cc2ccco2)ccc1OCc1ccc(Cl)cc1Cl. The lowest BCUT2D eigenvalue weighted by molar-refractivity contribution is -0.384. The molecular weight excluding hydrogens is 615 g/mol. The molecule has 43 heavy (non-hydrogen) atoms. The number of hydrogen-bond acceptors (Lipinski definition) is 9. The largest absolute Gasteiger partial charge is 0.493 e. The molecule has 218 valence electrons. The molecule has 0 spiro atoms. The van der Waals surface area contributed by atoms with Crippen molar-refractivity contribution in [2.24, 2.45) is 10.2 Å². The van der Waals surface area contributed by atoms with Gasteiger partial charge >= 0.3 is 0 Å². The van der Waals surface area contributed by atoms with Gasteiger partial charge in [-0.25, -0.2) is 0 Å². The number of methoxy groups -OCH3 is 1. The quantitative estimate of drug-likeness (QED) is 0.0761. The molecule has 13 heteroatoms. The number of carbonyl (C=O) groups is 1. The molecule has 1 aliphatic rings. The van der Waals surface area contributed by atoms with Crippen LogP contribution in [0.15, 0.2) is 98.6 Å². The number of rotatable bonds is 10. The zero-order valence-electron chi connectivity index (χ0n) is 22.5. The number of amidine groups is 1. The van der Waals surface area contributed by atoms with Crippen molar-refractivity contribution in [1.82, 2.24) is 4.90 Å². The molecular formula is C30H22Cl2N4O6S. The molecule has 1 fully saturated rings. The van der Waals surface area contributed by atoms with E-state index in [-0.39, 0.29) is 24.7 Å². The zero-order valence-corrected chi connectivity index (χ0v) is 24.8. The van der Waals surface area contributed by atoms with E-state index in [1.807, 2.05) is 0 Å². The zero-order chi connectivity index (χ0) is 30.3. The van der Waals surface area contributed by atoms with Gasteiger partial charge in [0.05, 0.1) is 36.0 Å². The highest BCUT2D eigenvalue weighted by atomic mass is 35.5. The Balaban J connectivity index is 1.34. The first kappa shape index (κ1) is 29.9. The van der Waals surface area contributed by atoms with E-state index in [0.717, 1.165) is 17.3 Å². The van der Waals surface area contributed by atoms with Crippen molar-refractivity contribution in [3.8, 4) is 11.5 Å². The van der Waals surface area contributed by atoms with Crippen LogP contribution in [0.25, 0.3) is 6.08 Å². The molecule has 0 atom stereocenters. The van der Waals surface area contributed by atoms with E-state index in [4.69, 9.17) is 37.1 Å². The standard InChI is InChI=1S/C30H22Cl2N4O6S/c1-40-27-13-20(6-11-26(27)42-18-21-7-8-22(31)15-25(21)32)16-33-34-30-35(17-24-3-2-12-41-24)29(37)28(43-30)14-19-4-9-23(10-5-19)36(38)39/h2-16H,17-18H2,1H3/b28-14-,33-16+,34-30-. The molecule has 2 heterocycles. The van der Waals surface area contributed by atoms with Crippen molar-refractivity contribution in [3.05, 3.63) is 127 Å². The van der Waals surface area contributed by atoms with Crippen LogP contribution in [0.2, 0.25) is 10.0 Å². The van der Waals surface area contributed by atoms with Gasteiger partial charge in [0.2, 0.25) is 0 Å². The van der Waals surface area contributed by atoms with E-state index in [9.17, 15) is 14.9 Å². The van der Waals surface area contributed by atoms with Gasteiger partial charge in [-0.05, 0) is 83.6 Å². The minimum Gasteiger partial charge on any atom is -0.493 e. The molecule has 1 amide bonds. The number of thioether (sulfide) groups is 1. The van der Waals surface area contributed by atoms with Crippen LogP contribution >= 0.6 is 35.0 Å². The van der Waals surface area contributed by atoms with Gasteiger partial charge in [0.15, 0.2) is 16.7 Å². The number of furan rings is 1. The van der Waals surface area contributed by atoms with Crippen molar-refractivity contribution >= 4 is 64.0 Å². The van der Waals surface area contributed by atoms with Gasteiger partial charge in [-0.3, -0.25) is 19.8 Å². The Hall–Kier alpha value is -4.58. The Labute approximate surface area is 260 Å². The first-order valence-electron chi connectivity index (χ1n) is 12.6. The predicted octanol–water partition coefficient (Wildman–Crippen LogP) is 7.59. The number of amides is 1. The summed E-state index contributed by atoms with van der Waals surface area (Å²) in [6, 6.07) is 19.9. The van der Waals surface area contributed by atoms with Crippen LogP contribution in [0.1, 0.15) is 22.5 Å². The number of nitro groups is 1. The van der Waals surface area contributed by atoms with Crippen molar-refractivity contribution in [2.75, 3.05) is 7.11 Å². The maximum Gasteiger partial charge on any atom is 0.269 e. The molecule has 0 N–H and O–H groups in total. The smallest absolute Gasteiger partial charge is 0.269 e. The maximum absolute atomic E-state index is 13.3. The number of non-ortho nitro benzene ring substituents is 1. The van der Waals surface area contributed by atoms with Crippen LogP contribution in [-0.4, -0.2) is 34.2 Å². The van der Waals surface area contributed by atoms with Crippen molar-refractivity contribution in [2.45, 2.75) is 13.2 Å². The number of nitrogens with zero attached hydrogens (tertiary/aromatic N) is 4. The lowest BCUT2D eigenvalue weighted by Gasteiger charge is -2.13. The Morgan fingerprint density at radius 1 is 1.05 bits per heavy atom. The number of benzene rings is 3. The van der Waals surface area contributed by atoms with Crippen molar-refractivity contribution < 1.29 is 23.6 Å². The monoisotopic (exact) mass is 636 g/mol. The topological polar surface area (TPSA) is 120 Å². The summed E-state index contributed by atoms with van der Waals surface area (Å²) < 4.78 is 16.8. The Kier molecular flexibility index (Phi) is 9.45. The molecule has 5 rings (SSSR count). The molecule has 0 saturated carbocycles. The molecule has 0 aliphatic carbocycles. The molecule has 1 saturated heterocycles. The van der Waals surface area contributed by atoms with Gasteiger partial charge in [0, 0.05) is 27.7 Å². The highest BCUT2D eigenvalue weighted by molar-refractivity contribution is 8.18. The van der Waals surface area contributed by atoms with Crippen LogP contribution in [0.5, 0.6) is 11.5 Å². The number of carbonyl (C=O) groups excluding carboxylic acids is 1. The second-order valence-corrected chi connectivity index (χ2v) is 10.8. The predicted molar refractivity (Wildman–Crippen MR) is 167 cm³/mol. The van der Waals surface area contributed by atoms with E-state index >= 15 is 0 Å². The fourth-order valence-electron chi connectivity index (χ4n) is 3.95. The summed E-state index contributed by atoms with van der Waals surface area (Å²) in [7, 11) is 1.53. The van der Waals surface area contributed by atoms with Crippen LogP contribution in [0.4, 0.5) is 5.69 Å². The molecule has 10 nitrogen and oxygen atoms in total. The average molecular weight is 638 g/mol. The lowest BCUT2D eigenvalue weighted by Crippen LogP contribution is -2.28. The Morgan fingerprint density at radius 3 is 2.53 bits per heavy atom. The molecule has 3 aromatic carbocycles. The summed E-state index contributed by atoms with van der Waals surface area (Å²) in [5.41, 5.74) is 2.06. The van der Waals surface area contributed by atoms with Gasteiger partial charge < -0.3 is 13.9 Å². The van der Waals surface area contributed by atoms with Gasteiger partial charge in [0.1, 0.15) is 12.4 Å². The third-order valence-corrected chi connectivity index (χ3v) is 7.70. The van der Waals surface area contributed by atoms with E-state index < -0.39 is 4.92 Å². The van der Waals surface area contributed by atoms with Crippen LogP contribution in [-0.2, 0) is 17.9 Å². The van der Waals surface area contributed by atoms with Crippen molar-refractivity contribution in [3.63, 3.8) is 0 Å². The number of nitro benzene ring substituents is 1. The van der Waals surface area contributed by atoms with Crippen LogP contribution < -0.4 is 9.47 Å². The first-order valence-corrected chi connectivity index (χ1v) is 14.2. The first-order chi connectivity index (χ1) is 20.8. The van der Waals surface area contributed by atoms with E-state index in [2.05, 4.69) is 10.2 Å². The van der Waals surface area contributed by atoms with Gasteiger partial charge in [-0.2, -0.15) is 5.10 Å². The highest BCUT2D eigenvalue weighted by Gasteiger charge is 2.34. The minimum absolute atomic E-state index is 0.0363. The van der Waals surface area contributed by atoms with Crippen molar-refractivity contribution in [1.29, 1.82) is 0 Å². The fraction of sp³-hybridized carbons (Fsp3) is 0.100. The van der Waals surface area contributed by atoms with Gasteiger partial charge in [-0.15, -0.1) is 5.10 Å². The average Bonchev–Trinajstić information content (AvgIpc) is 3.61. The summed E-state index contributed by atoms with van der Waals surface area (Å²) in [4.78, 5) is 25.6. The van der Waals surface area contributed by atoms with Crippen LogP contribution in [0.3, 0.4) is 0 Å². The summed E-state index contributed by atoms with van der Waals surface area (Å²) >= 11 is 13.4. The summed E-state index contributed by atoms with van der Waals surface area (Å²) in [5, 5.41) is 20.9. The summed E-state index contributed by atoms with van der Waals surface area (Å²) in [6.07, 6.45) is 4.71. The fourth-order valence-corrected chi connectivity index (χ4v) is 5.34. The van der Waals surface area contributed by atoms with Gasteiger partial charge in [-0.1, -0.05) is 29.3 Å². The normalized spacial score (nSPS) is 15.1. The summed E-state index contributed by atoms with van der Waals surface area (Å²) in [6.45, 7) is 0.377. The minimum atomic E-state index is -0.478. The molecule has 0 unspecified atom stereocenters. The van der Waals surface area contributed by atoms with Crippen LogP contribution in [0, 0.1) is 10.1 Å². The molecule has 0 bridgehead atoms. The van der Waals surface area contributed by atoms with E-state index in [1.165, 1.54) is 36.6 Å². The van der Waals surface area contributed by atoms with Gasteiger partial charge in [0.25, 0.3) is 11.6 Å². The molecule has 4 aromatic rings.